The molecular weight excluding hydrogens is 496 g/mol. The van der Waals surface area contributed by atoms with Crippen molar-refractivity contribution >= 4 is 45.9 Å². The van der Waals surface area contributed by atoms with Gasteiger partial charge in [-0.25, -0.2) is 19.2 Å². The summed E-state index contributed by atoms with van der Waals surface area (Å²) >= 11 is 0. The maximum atomic E-state index is 11.8. The third kappa shape index (κ3) is 4.01. The SMILES string of the molecule is O=C(O)c1cc(C(=O)O)cc(-c2c3nccnc3c(-c3cc(C(=O)O)cc(C(=O)O)c3)c3nccnc23)c1. The number of rotatable bonds is 6. The van der Waals surface area contributed by atoms with E-state index in [1.165, 1.54) is 49.1 Å². The van der Waals surface area contributed by atoms with Crippen LogP contribution in [0.15, 0.2) is 61.2 Å². The van der Waals surface area contributed by atoms with E-state index in [1.54, 1.807) is 0 Å². The van der Waals surface area contributed by atoms with Gasteiger partial charge >= 0.3 is 23.9 Å². The molecule has 186 valence electrons. The van der Waals surface area contributed by atoms with Gasteiger partial charge in [-0.15, -0.1) is 0 Å². The Morgan fingerprint density at radius 1 is 0.421 bits per heavy atom. The Labute approximate surface area is 211 Å². The van der Waals surface area contributed by atoms with E-state index < -0.39 is 23.9 Å². The zero-order chi connectivity index (χ0) is 27.1. The molecule has 0 spiro atoms. The molecule has 5 rings (SSSR count). The van der Waals surface area contributed by atoms with Crippen LogP contribution in [0.25, 0.3) is 44.3 Å². The van der Waals surface area contributed by atoms with Crippen molar-refractivity contribution in [1.82, 2.24) is 19.9 Å². The van der Waals surface area contributed by atoms with Crippen LogP contribution in [0.1, 0.15) is 41.4 Å². The van der Waals surface area contributed by atoms with Crippen LogP contribution in [0, 0.1) is 0 Å². The Kier molecular flexibility index (Phi) is 5.68. The summed E-state index contributed by atoms with van der Waals surface area (Å²) in [4.78, 5) is 64.6. The number of benzene rings is 3. The topological polar surface area (TPSA) is 201 Å². The lowest BCUT2D eigenvalue weighted by molar-refractivity contribution is 0.0676. The van der Waals surface area contributed by atoms with Gasteiger partial charge < -0.3 is 20.4 Å². The fourth-order valence-electron chi connectivity index (χ4n) is 4.22. The van der Waals surface area contributed by atoms with Gasteiger partial charge in [0.1, 0.15) is 0 Å². The average molecular weight is 510 g/mol. The zero-order valence-electron chi connectivity index (χ0n) is 19.0. The molecule has 0 bridgehead atoms. The van der Waals surface area contributed by atoms with Crippen LogP contribution >= 0.6 is 0 Å². The van der Waals surface area contributed by atoms with Gasteiger partial charge in [0.2, 0.25) is 0 Å². The van der Waals surface area contributed by atoms with E-state index in [1.807, 2.05) is 0 Å². The summed E-state index contributed by atoms with van der Waals surface area (Å²) < 4.78 is 0. The summed E-state index contributed by atoms with van der Waals surface area (Å²) in [6.45, 7) is 0. The first-order chi connectivity index (χ1) is 18.2. The van der Waals surface area contributed by atoms with Gasteiger partial charge in [-0.1, -0.05) is 0 Å². The first-order valence-corrected chi connectivity index (χ1v) is 10.8. The smallest absolute Gasteiger partial charge is 0.335 e. The van der Waals surface area contributed by atoms with Gasteiger partial charge in [0, 0.05) is 35.9 Å². The first-order valence-electron chi connectivity index (χ1n) is 10.8. The third-order valence-electron chi connectivity index (χ3n) is 5.77. The van der Waals surface area contributed by atoms with Crippen LogP contribution in [0.5, 0.6) is 0 Å². The predicted octanol–water partition coefficient (Wildman–Crippen LogP) is 3.70. The van der Waals surface area contributed by atoms with Crippen molar-refractivity contribution < 1.29 is 39.6 Å². The number of carboxylic acid groups (broad SMARTS) is 4. The van der Waals surface area contributed by atoms with Gasteiger partial charge in [-0.2, -0.15) is 0 Å². The number of carbonyl (C=O) groups is 4. The second-order valence-electron chi connectivity index (χ2n) is 8.08. The molecule has 0 saturated heterocycles. The van der Waals surface area contributed by atoms with Crippen molar-refractivity contribution in [1.29, 1.82) is 0 Å². The van der Waals surface area contributed by atoms with Gasteiger partial charge in [-0.05, 0) is 47.5 Å². The zero-order valence-corrected chi connectivity index (χ0v) is 19.0. The number of aromatic carboxylic acids is 4. The van der Waals surface area contributed by atoms with Crippen LogP contribution in [0.3, 0.4) is 0 Å². The standard InChI is InChI=1S/C26H14N4O8/c31-23(32)13-5-11(6-14(9-13)24(33)34)17-19-20(28-2-1-27-19)18(22-21(17)29-3-4-30-22)12-7-15(25(35)36)10-16(8-12)26(37)38/h1-10H,(H,31,32)(H,33,34)(H,35,36)(H,37,38). The number of hydrogen-bond acceptors (Lipinski definition) is 8. The average Bonchev–Trinajstić information content (AvgIpc) is 2.90. The summed E-state index contributed by atoms with van der Waals surface area (Å²) in [5, 5.41) is 38.3. The number of hydrogen-bond donors (Lipinski definition) is 4. The molecule has 0 amide bonds. The molecule has 0 fully saturated rings. The monoisotopic (exact) mass is 510 g/mol. The molecule has 12 nitrogen and oxygen atoms in total. The van der Waals surface area contributed by atoms with E-state index in [9.17, 15) is 39.6 Å². The summed E-state index contributed by atoms with van der Waals surface area (Å²) in [5.41, 5.74) is 0.480. The van der Waals surface area contributed by atoms with Crippen LogP contribution < -0.4 is 0 Å². The lowest BCUT2D eigenvalue weighted by Gasteiger charge is -2.16. The first kappa shape index (κ1) is 23.9. The van der Waals surface area contributed by atoms with E-state index in [2.05, 4.69) is 19.9 Å². The van der Waals surface area contributed by atoms with E-state index in [0.717, 1.165) is 12.1 Å². The van der Waals surface area contributed by atoms with Crippen LogP contribution in [-0.4, -0.2) is 64.2 Å². The van der Waals surface area contributed by atoms with Gasteiger partial charge in [0.15, 0.2) is 0 Å². The van der Waals surface area contributed by atoms with Crippen molar-refractivity contribution in [2.24, 2.45) is 0 Å². The normalized spacial score (nSPS) is 10.9. The van der Waals surface area contributed by atoms with Crippen molar-refractivity contribution in [3.05, 3.63) is 83.4 Å². The molecular formula is C26H14N4O8. The summed E-state index contributed by atoms with van der Waals surface area (Å²) in [5.74, 6) is -5.38. The van der Waals surface area contributed by atoms with E-state index in [4.69, 9.17) is 0 Å². The molecule has 2 heterocycles. The molecule has 0 aliphatic heterocycles. The van der Waals surface area contributed by atoms with Crippen LogP contribution in [0.4, 0.5) is 0 Å². The lowest BCUT2D eigenvalue weighted by Crippen LogP contribution is -2.05. The number of carboxylic acids is 4. The van der Waals surface area contributed by atoms with Gasteiger partial charge in [0.25, 0.3) is 0 Å². The molecule has 3 aromatic carbocycles. The molecule has 5 aromatic rings. The number of nitrogens with zero attached hydrogens (tertiary/aromatic N) is 4. The second-order valence-corrected chi connectivity index (χ2v) is 8.08. The van der Waals surface area contributed by atoms with Crippen LogP contribution in [0.2, 0.25) is 0 Å². The highest BCUT2D eigenvalue weighted by Crippen LogP contribution is 2.41. The fraction of sp³-hybridized carbons (Fsp3) is 0. The van der Waals surface area contributed by atoms with Crippen LogP contribution in [-0.2, 0) is 0 Å². The van der Waals surface area contributed by atoms with Gasteiger partial charge in [-0.3, -0.25) is 19.9 Å². The molecule has 0 aliphatic carbocycles. The molecule has 4 N–H and O–H groups in total. The molecule has 0 aliphatic rings. The molecule has 12 heteroatoms. The van der Waals surface area contributed by atoms with E-state index in [0.29, 0.717) is 0 Å². The predicted molar refractivity (Wildman–Crippen MR) is 131 cm³/mol. The molecule has 0 atom stereocenters. The Bertz CT molecular complexity index is 1600. The maximum Gasteiger partial charge on any atom is 0.335 e. The third-order valence-corrected chi connectivity index (χ3v) is 5.77. The minimum Gasteiger partial charge on any atom is -0.478 e. The molecule has 38 heavy (non-hydrogen) atoms. The highest BCUT2D eigenvalue weighted by molar-refractivity contribution is 6.17. The van der Waals surface area contributed by atoms with Crippen molar-refractivity contribution in [2.45, 2.75) is 0 Å². The highest BCUT2D eigenvalue weighted by atomic mass is 16.4. The number of aromatic nitrogens is 4. The molecule has 0 radical (unpaired) electrons. The Morgan fingerprint density at radius 3 is 0.868 bits per heavy atom. The second kappa shape index (κ2) is 9.02. The molecule has 0 unspecified atom stereocenters. The van der Waals surface area contributed by atoms with E-state index in [-0.39, 0.29) is 66.6 Å². The lowest BCUT2D eigenvalue weighted by atomic mass is 9.91. The maximum absolute atomic E-state index is 11.8. The quantitative estimate of drug-likeness (QED) is 0.242. The summed E-state index contributed by atoms with van der Waals surface area (Å²) in [6.07, 6.45) is 5.47. The minimum absolute atomic E-state index is 0.176. The number of fused-ring (bicyclic) bond motifs is 2. The Balaban J connectivity index is 1.96. The molecule has 0 saturated carbocycles. The van der Waals surface area contributed by atoms with E-state index >= 15 is 0 Å². The highest BCUT2D eigenvalue weighted by Gasteiger charge is 2.24. The summed E-state index contributed by atoms with van der Waals surface area (Å²) in [7, 11) is 0. The molecule has 2 aromatic heterocycles. The van der Waals surface area contributed by atoms with Gasteiger partial charge in [0.05, 0.1) is 44.3 Å². The minimum atomic E-state index is -1.34. The van der Waals surface area contributed by atoms with Crippen molar-refractivity contribution in [3.63, 3.8) is 0 Å². The Morgan fingerprint density at radius 2 is 0.658 bits per heavy atom. The van der Waals surface area contributed by atoms with Crippen molar-refractivity contribution in [2.75, 3.05) is 0 Å². The largest absolute Gasteiger partial charge is 0.478 e. The fourth-order valence-corrected chi connectivity index (χ4v) is 4.22. The summed E-state index contributed by atoms with van der Waals surface area (Å²) in [6, 6.07) is 7.16. The Hall–Kier alpha value is -5.78. The van der Waals surface area contributed by atoms with Crippen molar-refractivity contribution in [3.8, 4) is 22.3 Å².